The first kappa shape index (κ1) is 45.9. The number of aliphatic carboxylic acids is 2. The van der Waals surface area contributed by atoms with Crippen molar-refractivity contribution in [2.75, 3.05) is 13.1 Å². The van der Waals surface area contributed by atoms with E-state index in [0.29, 0.717) is 18.4 Å². The molecule has 1 aromatic rings. The molecular weight excluding hydrogens is 718 g/mol. The molecule has 0 bridgehead atoms. The lowest BCUT2D eigenvalue weighted by Gasteiger charge is -2.32. The lowest BCUT2D eigenvalue weighted by molar-refractivity contribution is -0.144. The first-order valence-electron chi connectivity index (χ1n) is 18.5. The highest BCUT2D eigenvalue weighted by Crippen LogP contribution is 2.21. The summed E-state index contributed by atoms with van der Waals surface area (Å²) in [4.78, 5) is 105. The van der Waals surface area contributed by atoms with E-state index in [2.05, 4.69) is 26.6 Å². The van der Waals surface area contributed by atoms with E-state index < -0.39 is 108 Å². The molecule has 10 N–H and O–H groups in total. The van der Waals surface area contributed by atoms with Crippen LogP contribution in [0.4, 0.5) is 0 Å². The molecule has 1 heterocycles. The molecule has 0 radical (unpaired) electrons. The number of hydrogen-bond donors (Lipinski definition) is 9. The van der Waals surface area contributed by atoms with Crippen LogP contribution >= 0.6 is 0 Å². The largest absolute Gasteiger partial charge is 0.508 e. The topological polar surface area (TPSA) is 287 Å². The van der Waals surface area contributed by atoms with Crippen molar-refractivity contribution in [3.63, 3.8) is 0 Å². The minimum atomic E-state index is -1.42. The van der Waals surface area contributed by atoms with Crippen LogP contribution < -0.4 is 32.3 Å². The van der Waals surface area contributed by atoms with E-state index in [9.17, 15) is 48.6 Å². The third kappa shape index (κ3) is 14.2. The molecule has 1 aliphatic heterocycles. The van der Waals surface area contributed by atoms with E-state index in [1.54, 1.807) is 41.5 Å². The second kappa shape index (κ2) is 21.6. The van der Waals surface area contributed by atoms with Gasteiger partial charge in [-0.3, -0.25) is 38.4 Å². The van der Waals surface area contributed by atoms with Crippen LogP contribution in [0, 0.1) is 17.8 Å². The highest BCUT2D eigenvalue weighted by molar-refractivity contribution is 5.97. The second-order valence-corrected chi connectivity index (χ2v) is 14.6. The molecular formula is C37H57N7O11. The van der Waals surface area contributed by atoms with Crippen LogP contribution in [0.1, 0.15) is 79.2 Å². The smallest absolute Gasteiger partial charge is 0.322 e. The minimum Gasteiger partial charge on any atom is -0.508 e. The summed E-state index contributed by atoms with van der Waals surface area (Å²) >= 11 is 0. The molecule has 1 fully saturated rings. The lowest BCUT2D eigenvalue weighted by Crippen LogP contribution is -2.61. The highest BCUT2D eigenvalue weighted by atomic mass is 16.4. The summed E-state index contributed by atoms with van der Waals surface area (Å²) in [6, 6.07) is -1.11. The molecule has 1 aliphatic rings. The van der Waals surface area contributed by atoms with Gasteiger partial charge in [-0.25, -0.2) is 0 Å². The quantitative estimate of drug-likeness (QED) is 0.0773. The summed E-state index contributed by atoms with van der Waals surface area (Å²) in [6.45, 7) is 9.81. The van der Waals surface area contributed by atoms with Gasteiger partial charge in [-0.05, 0) is 54.7 Å². The molecule has 18 heteroatoms. The minimum absolute atomic E-state index is 0.0299. The van der Waals surface area contributed by atoms with Gasteiger partial charge in [-0.15, -0.1) is 0 Å². The van der Waals surface area contributed by atoms with Crippen LogP contribution in [0.2, 0.25) is 0 Å². The number of amides is 6. The van der Waals surface area contributed by atoms with Gasteiger partial charge in [-0.1, -0.05) is 60.1 Å². The summed E-state index contributed by atoms with van der Waals surface area (Å²) in [5, 5.41) is 41.0. The molecule has 0 saturated carbocycles. The van der Waals surface area contributed by atoms with E-state index in [-0.39, 0.29) is 37.5 Å². The third-order valence-corrected chi connectivity index (χ3v) is 9.58. The standard InChI is InChI=1S/C37H57N7O11/c1-7-21(6)31(43-35(53)30(20(4)5)42-34(52)29(38)19(2)3)36(54)40-24(14-15-27(46)47)37(55)44-16-8-9-26(44)33(51)41-25(32(50)39-18-28(48)49)17-22-10-12-23(45)13-11-22/h10-13,19-21,24-26,29-31,45H,7-9,14-18,38H2,1-6H3,(H,39,50)(H,40,54)(H,41,51)(H,42,52)(H,43,53)(H,46,47)(H,48,49)/t21-,24-,25-,26-,29-,30-,31-/m0/s1. The summed E-state index contributed by atoms with van der Waals surface area (Å²) in [5.74, 6) is -7.89. The fourth-order valence-electron chi connectivity index (χ4n) is 5.95. The number of carbonyl (C=O) groups excluding carboxylic acids is 6. The number of likely N-dealkylation sites (tertiary alicyclic amines) is 1. The van der Waals surface area contributed by atoms with Gasteiger partial charge in [0.15, 0.2) is 0 Å². The first-order chi connectivity index (χ1) is 25.8. The first-order valence-corrected chi connectivity index (χ1v) is 18.5. The molecule has 55 heavy (non-hydrogen) atoms. The monoisotopic (exact) mass is 775 g/mol. The van der Waals surface area contributed by atoms with Crippen molar-refractivity contribution in [3.8, 4) is 5.75 Å². The van der Waals surface area contributed by atoms with Gasteiger partial charge < -0.3 is 52.5 Å². The van der Waals surface area contributed by atoms with E-state index >= 15 is 0 Å². The van der Waals surface area contributed by atoms with Crippen LogP contribution in [-0.2, 0) is 44.8 Å². The van der Waals surface area contributed by atoms with E-state index in [1.165, 1.54) is 29.2 Å². The van der Waals surface area contributed by atoms with Crippen molar-refractivity contribution >= 4 is 47.4 Å². The third-order valence-electron chi connectivity index (χ3n) is 9.58. The molecule has 6 amide bonds. The van der Waals surface area contributed by atoms with Gasteiger partial charge in [-0.2, -0.15) is 0 Å². The van der Waals surface area contributed by atoms with Crippen molar-refractivity contribution in [2.24, 2.45) is 23.5 Å². The van der Waals surface area contributed by atoms with Crippen LogP contribution in [0.15, 0.2) is 24.3 Å². The molecule has 0 unspecified atom stereocenters. The summed E-state index contributed by atoms with van der Waals surface area (Å²) < 4.78 is 0. The zero-order chi connectivity index (χ0) is 41.6. The number of aromatic hydroxyl groups is 1. The maximum atomic E-state index is 14.1. The number of nitrogens with zero attached hydrogens (tertiary/aromatic N) is 1. The van der Waals surface area contributed by atoms with Crippen LogP contribution in [-0.4, -0.2) is 117 Å². The average molecular weight is 776 g/mol. The molecule has 0 spiro atoms. The molecule has 2 rings (SSSR count). The molecule has 0 aliphatic carbocycles. The number of rotatable bonds is 21. The Labute approximate surface area is 320 Å². The molecule has 18 nitrogen and oxygen atoms in total. The van der Waals surface area contributed by atoms with Crippen LogP contribution in [0.25, 0.3) is 0 Å². The van der Waals surface area contributed by atoms with Gasteiger partial charge in [0.25, 0.3) is 0 Å². The lowest BCUT2D eigenvalue weighted by atomic mass is 9.95. The van der Waals surface area contributed by atoms with Crippen molar-refractivity contribution in [2.45, 2.75) is 116 Å². The summed E-state index contributed by atoms with van der Waals surface area (Å²) in [7, 11) is 0. The van der Waals surface area contributed by atoms with Gasteiger partial charge in [0, 0.05) is 19.4 Å². The maximum absolute atomic E-state index is 14.1. The van der Waals surface area contributed by atoms with Crippen LogP contribution in [0.3, 0.4) is 0 Å². The highest BCUT2D eigenvalue weighted by Gasteiger charge is 2.40. The van der Waals surface area contributed by atoms with E-state index in [0.717, 1.165) is 0 Å². The predicted molar refractivity (Wildman–Crippen MR) is 199 cm³/mol. The molecule has 1 saturated heterocycles. The molecule has 1 aromatic carbocycles. The van der Waals surface area contributed by atoms with Crippen molar-refractivity contribution in [1.29, 1.82) is 0 Å². The predicted octanol–water partition coefficient (Wildman–Crippen LogP) is -0.384. The summed E-state index contributed by atoms with van der Waals surface area (Å²) in [5.41, 5.74) is 6.52. The number of carbonyl (C=O) groups is 8. The van der Waals surface area contributed by atoms with Gasteiger partial charge in [0.05, 0.1) is 6.04 Å². The van der Waals surface area contributed by atoms with Crippen molar-refractivity contribution < 1.29 is 53.7 Å². The number of nitrogens with two attached hydrogens (primary N) is 1. The Balaban J connectivity index is 2.33. The number of phenolic OH excluding ortho intramolecular Hbond substituents is 1. The number of benzene rings is 1. The Morgan fingerprint density at radius 3 is 1.93 bits per heavy atom. The Morgan fingerprint density at radius 1 is 0.782 bits per heavy atom. The van der Waals surface area contributed by atoms with Gasteiger partial charge in [0.1, 0.15) is 42.5 Å². The normalized spacial score (nSPS) is 17.3. The van der Waals surface area contributed by atoms with E-state index in [1.807, 2.05) is 0 Å². The molecule has 7 atom stereocenters. The second-order valence-electron chi connectivity index (χ2n) is 14.6. The number of nitrogens with one attached hydrogen (secondary N) is 5. The average Bonchev–Trinajstić information content (AvgIpc) is 3.63. The number of phenols is 1. The van der Waals surface area contributed by atoms with Crippen molar-refractivity contribution in [1.82, 2.24) is 31.5 Å². The molecule has 306 valence electrons. The van der Waals surface area contributed by atoms with Crippen molar-refractivity contribution in [3.05, 3.63) is 29.8 Å². The molecule has 0 aromatic heterocycles. The number of carboxylic acid groups (broad SMARTS) is 2. The maximum Gasteiger partial charge on any atom is 0.322 e. The fraction of sp³-hybridized carbons (Fsp3) is 0.622. The number of hydrogen-bond acceptors (Lipinski definition) is 10. The number of carboxylic acids is 2. The Hall–Kier alpha value is -5.26. The SMILES string of the molecule is CC[C@H](C)[C@H](NC(=O)[C@@H](NC(=O)[C@@H](N)C(C)C)C(C)C)C(=O)N[C@@H](CCC(=O)O)C(=O)N1CCC[C@H]1C(=O)N[C@@H](Cc1ccc(O)cc1)C(=O)NCC(=O)O. The summed E-state index contributed by atoms with van der Waals surface area (Å²) in [6.07, 6.45) is 0.0229. The van der Waals surface area contributed by atoms with Gasteiger partial charge in [0.2, 0.25) is 35.4 Å². The van der Waals surface area contributed by atoms with E-state index in [4.69, 9.17) is 10.8 Å². The van der Waals surface area contributed by atoms with Crippen LogP contribution in [0.5, 0.6) is 5.75 Å². The zero-order valence-electron chi connectivity index (χ0n) is 32.3. The fourth-order valence-corrected chi connectivity index (χ4v) is 5.95. The Kier molecular flexibility index (Phi) is 18.0. The Morgan fingerprint density at radius 2 is 1.38 bits per heavy atom. The van der Waals surface area contributed by atoms with Gasteiger partial charge >= 0.3 is 11.9 Å². The zero-order valence-corrected chi connectivity index (χ0v) is 32.3. The Bertz CT molecular complexity index is 1540.